The number of carbonyl (C=O) groups is 1. The van der Waals surface area contributed by atoms with Crippen LogP contribution in [0.2, 0.25) is 0 Å². The molecule has 0 aromatic heterocycles. The van der Waals surface area contributed by atoms with Crippen molar-refractivity contribution in [1.82, 2.24) is 10.2 Å². The molecule has 2 aliphatic rings. The monoisotopic (exact) mass is 541 g/mol. The van der Waals surface area contributed by atoms with Gasteiger partial charge in [-0.25, -0.2) is 4.79 Å². The standard InChI is InChI=1S/C26H25F6N3O3/c1-17(18-11-20(25(27,28)29)13-21(12-18)26(30,31)32)38-16-24(19-5-3-2-4-6-19)8-7-23(14-33,15-34-24)35-9-10-37-22(35)36/h2-6,11-13,17,34H,7-10,15-16H2,1H3/t17-,23-,24+/m1/s1. The molecule has 0 spiro atoms. The molecule has 2 aliphatic heterocycles. The molecule has 1 amide bonds. The van der Waals surface area contributed by atoms with Crippen molar-refractivity contribution in [2.45, 2.75) is 49.3 Å². The van der Waals surface area contributed by atoms with E-state index in [9.17, 15) is 36.4 Å². The highest BCUT2D eigenvalue weighted by molar-refractivity contribution is 5.71. The van der Waals surface area contributed by atoms with Crippen molar-refractivity contribution < 1.29 is 40.6 Å². The van der Waals surface area contributed by atoms with Gasteiger partial charge in [-0.1, -0.05) is 30.3 Å². The zero-order chi connectivity index (χ0) is 27.8. The Morgan fingerprint density at radius 2 is 1.71 bits per heavy atom. The maximum absolute atomic E-state index is 13.3. The van der Waals surface area contributed by atoms with Gasteiger partial charge in [0.15, 0.2) is 0 Å². The quantitative estimate of drug-likeness (QED) is 0.469. The molecule has 2 saturated heterocycles. The fourth-order valence-corrected chi connectivity index (χ4v) is 4.87. The van der Waals surface area contributed by atoms with Gasteiger partial charge in [0.25, 0.3) is 0 Å². The van der Waals surface area contributed by atoms with Crippen molar-refractivity contribution in [2.24, 2.45) is 0 Å². The van der Waals surface area contributed by atoms with Crippen molar-refractivity contribution in [3.8, 4) is 6.07 Å². The number of piperidine rings is 1. The number of hydrogen-bond acceptors (Lipinski definition) is 5. The number of halogens is 6. The van der Waals surface area contributed by atoms with Crippen LogP contribution in [0.25, 0.3) is 0 Å². The van der Waals surface area contributed by atoms with Crippen LogP contribution in [0, 0.1) is 11.3 Å². The smallest absolute Gasteiger partial charge is 0.416 e. The van der Waals surface area contributed by atoms with Crippen LogP contribution in [-0.4, -0.2) is 42.8 Å². The van der Waals surface area contributed by atoms with Crippen LogP contribution in [-0.2, 0) is 27.4 Å². The highest BCUT2D eigenvalue weighted by Crippen LogP contribution is 2.40. The topological polar surface area (TPSA) is 74.6 Å². The Morgan fingerprint density at radius 3 is 2.18 bits per heavy atom. The Hall–Kier alpha value is -3.30. The summed E-state index contributed by atoms with van der Waals surface area (Å²) in [5.41, 5.74) is -4.40. The van der Waals surface area contributed by atoms with Gasteiger partial charge in [0.05, 0.1) is 42.0 Å². The van der Waals surface area contributed by atoms with E-state index in [0.29, 0.717) is 18.6 Å². The molecule has 4 rings (SSSR count). The lowest BCUT2D eigenvalue weighted by molar-refractivity contribution is -0.143. The highest BCUT2D eigenvalue weighted by Gasteiger charge is 2.50. The summed E-state index contributed by atoms with van der Waals surface area (Å²) in [6.07, 6.45) is -11.1. The van der Waals surface area contributed by atoms with Gasteiger partial charge < -0.3 is 14.8 Å². The number of hydrogen-bond donors (Lipinski definition) is 1. The Balaban J connectivity index is 1.60. The predicted octanol–water partition coefficient (Wildman–Crippen LogP) is 5.80. The first-order valence-electron chi connectivity index (χ1n) is 11.9. The molecule has 2 heterocycles. The fourth-order valence-electron chi connectivity index (χ4n) is 4.87. The van der Waals surface area contributed by atoms with Crippen LogP contribution in [0.5, 0.6) is 0 Å². The third-order valence-electron chi connectivity index (χ3n) is 7.16. The molecule has 3 atom stereocenters. The molecule has 0 bridgehead atoms. The molecule has 0 unspecified atom stereocenters. The average Bonchev–Trinajstić information content (AvgIpc) is 3.33. The Morgan fingerprint density at radius 1 is 1.08 bits per heavy atom. The van der Waals surface area contributed by atoms with Gasteiger partial charge in [-0.05, 0) is 49.1 Å². The third kappa shape index (κ3) is 5.44. The molecule has 1 N–H and O–H groups in total. The third-order valence-corrected chi connectivity index (χ3v) is 7.16. The lowest BCUT2D eigenvalue weighted by Crippen LogP contribution is -2.64. The van der Waals surface area contributed by atoms with Gasteiger partial charge in [-0.3, -0.25) is 4.90 Å². The summed E-state index contributed by atoms with van der Waals surface area (Å²) in [5, 5.41) is 13.3. The minimum absolute atomic E-state index is 0.0625. The van der Waals surface area contributed by atoms with E-state index in [1.807, 2.05) is 12.1 Å². The van der Waals surface area contributed by atoms with Crippen LogP contribution in [0.15, 0.2) is 48.5 Å². The zero-order valence-corrected chi connectivity index (χ0v) is 20.3. The number of rotatable bonds is 6. The number of benzene rings is 2. The van der Waals surface area contributed by atoms with Gasteiger partial charge in [0.2, 0.25) is 0 Å². The normalized spacial score (nSPS) is 25.1. The van der Waals surface area contributed by atoms with Crippen molar-refractivity contribution in [2.75, 3.05) is 26.3 Å². The van der Waals surface area contributed by atoms with E-state index in [4.69, 9.17) is 9.47 Å². The maximum atomic E-state index is 13.3. The largest absolute Gasteiger partial charge is 0.447 e. The van der Waals surface area contributed by atoms with Gasteiger partial charge in [-0.15, -0.1) is 0 Å². The number of ether oxygens (including phenoxy) is 2. The molecule has 0 aliphatic carbocycles. The van der Waals surface area contributed by atoms with E-state index in [1.54, 1.807) is 18.2 Å². The molecule has 12 heteroatoms. The number of nitrogens with one attached hydrogen (secondary N) is 1. The van der Waals surface area contributed by atoms with Gasteiger partial charge >= 0.3 is 18.4 Å². The second kappa shape index (κ2) is 10.1. The minimum atomic E-state index is -4.97. The Kier molecular flexibility index (Phi) is 7.38. The van der Waals surface area contributed by atoms with E-state index in [0.717, 1.165) is 5.56 Å². The first-order valence-corrected chi connectivity index (χ1v) is 11.9. The number of carbonyl (C=O) groups excluding carboxylic acids is 1. The molecule has 2 fully saturated rings. The lowest BCUT2D eigenvalue weighted by Gasteiger charge is -2.47. The fraction of sp³-hybridized carbons (Fsp3) is 0.462. The van der Waals surface area contributed by atoms with Gasteiger partial charge in [0, 0.05) is 6.54 Å². The van der Waals surface area contributed by atoms with Crippen LogP contribution in [0.1, 0.15) is 48.1 Å². The van der Waals surface area contributed by atoms with Gasteiger partial charge in [-0.2, -0.15) is 31.6 Å². The zero-order valence-electron chi connectivity index (χ0n) is 20.3. The summed E-state index contributed by atoms with van der Waals surface area (Å²) in [6, 6.07) is 12.6. The van der Waals surface area contributed by atoms with Crippen LogP contribution >= 0.6 is 0 Å². The second-order valence-electron chi connectivity index (χ2n) is 9.50. The number of cyclic esters (lactones) is 1. The van der Waals surface area contributed by atoms with Crippen molar-refractivity contribution >= 4 is 6.09 Å². The van der Waals surface area contributed by atoms with E-state index in [1.165, 1.54) is 11.8 Å². The highest BCUT2D eigenvalue weighted by atomic mass is 19.4. The molecule has 2 aromatic rings. The predicted molar refractivity (Wildman–Crippen MR) is 123 cm³/mol. The van der Waals surface area contributed by atoms with Crippen molar-refractivity contribution in [3.05, 3.63) is 70.8 Å². The molecule has 0 saturated carbocycles. The number of nitriles is 1. The molecule has 0 radical (unpaired) electrons. The molecule has 2 aromatic carbocycles. The number of nitrogens with zero attached hydrogens (tertiary/aromatic N) is 2. The second-order valence-corrected chi connectivity index (χ2v) is 9.50. The van der Waals surface area contributed by atoms with Crippen LogP contribution in [0.4, 0.5) is 31.1 Å². The average molecular weight is 541 g/mol. The summed E-state index contributed by atoms with van der Waals surface area (Å²) < 4.78 is 91.0. The lowest BCUT2D eigenvalue weighted by atomic mass is 9.76. The summed E-state index contributed by atoms with van der Waals surface area (Å²) in [4.78, 5) is 13.6. The molecule has 204 valence electrons. The maximum Gasteiger partial charge on any atom is 0.416 e. The van der Waals surface area contributed by atoms with E-state index in [-0.39, 0.29) is 44.4 Å². The van der Waals surface area contributed by atoms with E-state index >= 15 is 0 Å². The SMILES string of the molecule is C[C@@H](OC[C@]1(c2ccccc2)CC[C@](C#N)(N2CCOC2=O)CN1)c1cc(C(F)(F)F)cc(C(F)(F)F)c1. The van der Waals surface area contributed by atoms with Crippen LogP contribution < -0.4 is 5.32 Å². The molecular formula is C26H25F6N3O3. The van der Waals surface area contributed by atoms with Crippen molar-refractivity contribution in [3.63, 3.8) is 0 Å². The Bertz CT molecular complexity index is 1170. The number of alkyl halides is 6. The van der Waals surface area contributed by atoms with Crippen LogP contribution in [0.3, 0.4) is 0 Å². The summed E-state index contributed by atoms with van der Waals surface area (Å²) in [5.74, 6) is 0. The summed E-state index contributed by atoms with van der Waals surface area (Å²) in [7, 11) is 0. The van der Waals surface area contributed by atoms with E-state index < -0.39 is 46.8 Å². The first-order chi connectivity index (χ1) is 17.8. The Labute approximate surface area is 215 Å². The molecule has 6 nitrogen and oxygen atoms in total. The summed E-state index contributed by atoms with van der Waals surface area (Å²) in [6.45, 7) is 1.77. The first kappa shape index (κ1) is 27.7. The minimum Gasteiger partial charge on any atom is -0.447 e. The van der Waals surface area contributed by atoms with Crippen molar-refractivity contribution in [1.29, 1.82) is 5.26 Å². The van der Waals surface area contributed by atoms with Gasteiger partial charge in [0.1, 0.15) is 12.1 Å². The van der Waals surface area contributed by atoms with E-state index in [2.05, 4.69) is 11.4 Å². The molecular weight excluding hydrogens is 516 g/mol. The number of amides is 1. The summed E-state index contributed by atoms with van der Waals surface area (Å²) >= 11 is 0. The molecule has 38 heavy (non-hydrogen) atoms.